The van der Waals surface area contributed by atoms with E-state index in [4.69, 9.17) is 5.10 Å². The van der Waals surface area contributed by atoms with Crippen LogP contribution in [0.15, 0.2) is 30.5 Å². The number of halogens is 1. The second-order valence-corrected chi connectivity index (χ2v) is 12.8. The first-order valence-electron chi connectivity index (χ1n) is 13.3. The smallest absolute Gasteiger partial charge is 0.313 e. The molecule has 0 spiro atoms. The fourth-order valence-electron chi connectivity index (χ4n) is 6.51. The molecular weight excluding hydrogens is 485 g/mol. The summed E-state index contributed by atoms with van der Waals surface area (Å²) < 4.78 is 17.8. The largest absolute Gasteiger partial charge is 0.390 e. The Morgan fingerprint density at radius 2 is 1.89 bits per heavy atom. The van der Waals surface area contributed by atoms with Gasteiger partial charge < -0.3 is 10.0 Å². The summed E-state index contributed by atoms with van der Waals surface area (Å²) in [6.07, 6.45) is 2.73. The fourth-order valence-corrected chi connectivity index (χ4v) is 6.51. The first-order chi connectivity index (χ1) is 17.7. The number of hydrogen-bond acceptors (Lipinski definition) is 4. The third-order valence-electron chi connectivity index (χ3n) is 8.56. The SMILES string of the molecule is Cc1cc(-c2cc(C(C)(C)C)c3n(cc4[n+]3C3(C)CN(C(=O)C5CC(C)(O)C5)CCN3C4=O)n2)ccc1F. The van der Waals surface area contributed by atoms with E-state index in [0.29, 0.717) is 49.4 Å². The summed E-state index contributed by atoms with van der Waals surface area (Å²) in [5.41, 5.74) is 2.58. The lowest BCUT2D eigenvalue weighted by Gasteiger charge is -2.46. The molecule has 1 aliphatic carbocycles. The van der Waals surface area contributed by atoms with Crippen LogP contribution in [0.2, 0.25) is 0 Å². The summed E-state index contributed by atoms with van der Waals surface area (Å²) in [6.45, 7) is 13.2. The predicted octanol–water partition coefficient (Wildman–Crippen LogP) is 3.17. The Bertz CT molecular complexity index is 1510. The molecule has 9 heteroatoms. The highest BCUT2D eigenvalue weighted by Gasteiger charge is 2.58. The van der Waals surface area contributed by atoms with Gasteiger partial charge in [0.25, 0.3) is 0 Å². The topological polar surface area (TPSA) is 82.0 Å². The second-order valence-electron chi connectivity index (χ2n) is 12.8. The van der Waals surface area contributed by atoms with Crippen molar-refractivity contribution < 1.29 is 23.7 Å². The number of amides is 2. The van der Waals surface area contributed by atoms with E-state index in [1.807, 2.05) is 22.8 Å². The van der Waals surface area contributed by atoms with E-state index in [1.165, 1.54) is 6.07 Å². The van der Waals surface area contributed by atoms with Crippen LogP contribution in [0.4, 0.5) is 4.39 Å². The Labute approximate surface area is 221 Å². The van der Waals surface area contributed by atoms with Gasteiger partial charge >= 0.3 is 11.6 Å². The number of nitrogens with zero attached hydrogens (tertiary/aromatic N) is 5. The maximum Gasteiger partial charge on any atom is 0.313 e. The average Bonchev–Trinajstić information content (AvgIpc) is 3.31. The third-order valence-corrected chi connectivity index (χ3v) is 8.56. The molecule has 0 radical (unpaired) electrons. The lowest BCUT2D eigenvalue weighted by Crippen LogP contribution is -2.70. The van der Waals surface area contributed by atoms with Crippen molar-refractivity contribution >= 4 is 17.5 Å². The first-order valence-corrected chi connectivity index (χ1v) is 13.3. The molecule has 3 aliphatic rings. The standard InChI is InChI=1S/C29H35FN5O3/c1-17-11-18(7-8-21(17)30)22-12-20(27(2,3)4)24-34(31-22)15-23-26(37)33-10-9-32(16-29(33,6)35(23)24)25(36)19-13-28(5,38)14-19/h7-8,11-12,15,19,38H,9-10,13-14,16H2,1-6H3/q+1. The van der Waals surface area contributed by atoms with E-state index in [1.54, 1.807) is 36.7 Å². The summed E-state index contributed by atoms with van der Waals surface area (Å²) in [4.78, 5) is 30.7. The van der Waals surface area contributed by atoms with E-state index in [9.17, 15) is 19.1 Å². The summed E-state index contributed by atoms with van der Waals surface area (Å²) in [6, 6.07) is 7.00. The summed E-state index contributed by atoms with van der Waals surface area (Å²) in [5, 5.41) is 15.0. The van der Waals surface area contributed by atoms with E-state index < -0.39 is 11.3 Å². The molecule has 8 nitrogen and oxygen atoms in total. The monoisotopic (exact) mass is 520 g/mol. The number of aliphatic hydroxyl groups is 1. The number of hydrogen-bond donors (Lipinski definition) is 1. The molecule has 3 aromatic rings. The lowest BCUT2D eigenvalue weighted by atomic mass is 9.71. The van der Waals surface area contributed by atoms with E-state index in [0.717, 1.165) is 16.8 Å². The Hall–Kier alpha value is -3.33. The van der Waals surface area contributed by atoms with Gasteiger partial charge in [-0.05, 0) is 61.9 Å². The van der Waals surface area contributed by atoms with Crippen LogP contribution in [0, 0.1) is 18.7 Å². The molecule has 1 atom stereocenters. The molecule has 200 valence electrons. The Kier molecular flexibility index (Phi) is 5.16. The summed E-state index contributed by atoms with van der Waals surface area (Å²) in [7, 11) is 0. The Morgan fingerprint density at radius 3 is 2.53 bits per heavy atom. The number of piperazine rings is 1. The number of benzene rings is 1. The van der Waals surface area contributed by atoms with Crippen molar-refractivity contribution in [2.75, 3.05) is 19.6 Å². The van der Waals surface area contributed by atoms with Gasteiger partial charge in [-0.25, -0.2) is 4.39 Å². The zero-order valence-electron chi connectivity index (χ0n) is 22.9. The van der Waals surface area contributed by atoms with Crippen LogP contribution >= 0.6 is 0 Å². The van der Waals surface area contributed by atoms with Gasteiger partial charge in [-0.3, -0.25) is 14.5 Å². The molecule has 2 fully saturated rings. The maximum absolute atomic E-state index is 14.0. The highest BCUT2D eigenvalue weighted by atomic mass is 19.1. The van der Waals surface area contributed by atoms with Crippen LogP contribution in [0.3, 0.4) is 0 Å². The predicted molar refractivity (Wildman–Crippen MR) is 139 cm³/mol. The first kappa shape index (κ1) is 25.0. The van der Waals surface area contributed by atoms with Crippen molar-refractivity contribution in [3.63, 3.8) is 0 Å². The molecule has 0 bridgehead atoms. The van der Waals surface area contributed by atoms with Crippen LogP contribution in [-0.2, 0) is 15.9 Å². The highest BCUT2D eigenvalue weighted by molar-refractivity contribution is 5.93. The van der Waals surface area contributed by atoms with Gasteiger partial charge in [0.2, 0.25) is 17.3 Å². The molecule has 2 amide bonds. The van der Waals surface area contributed by atoms with Crippen molar-refractivity contribution in [3.8, 4) is 11.3 Å². The number of fused-ring (bicyclic) bond motifs is 5. The molecular formula is C29H35FN5O3+. The highest BCUT2D eigenvalue weighted by Crippen LogP contribution is 2.40. The van der Waals surface area contributed by atoms with Gasteiger partial charge in [-0.2, -0.15) is 4.57 Å². The van der Waals surface area contributed by atoms with Crippen LogP contribution in [-0.4, -0.2) is 61.6 Å². The number of rotatable bonds is 2. The lowest BCUT2D eigenvalue weighted by molar-refractivity contribution is -0.749. The molecule has 1 aromatic carbocycles. The zero-order chi connectivity index (χ0) is 27.4. The van der Waals surface area contributed by atoms with Crippen molar-refractivity contribution in [2.24, 2.45) is 5.92 Å². The van der Waals surface area contributed by atoms with E-state index >= 15 is 0 Å². The minimum atomic E-state index is -0.774. The van der Waals surface area contributed by atoms with Crippen molar-refractivity contribution in [3.05, 3.63) is 53.1 Å². The molecule has 4 heterocycles. The van der Waals surface area contributed by atoms with Crippen molar-refractivity contribution in [1.82, 2.24) is 19.4 Å². The molecule has 2 aliphatic heterocycles. The summed E-state index contributed by atoms with van der Waals surface area (Å²) >= 11 is 0. The van der Waals surface area contributed by atoms with E-state index in [2.05, 4.69) is 25.3 Å². The van der Waals surface area contributed by atoms with Crippen LogP contribution in [0.5, 0.6) is 0 Å². The molecule has 1 unspecified atom stereocenters. The van der Waals surface area contributed by atoms with Crippen molar-refractivity contribution in [1.29, 1.82) is 0 Å². The van der Waals surface area contributed by atoms with Gasteiger partial charge in [-0.15, -0.1) is 0 Å². The Balaban J connectivity index is 1.47. The van der Waals surface area contributed by atoms with E-state index in [-0.39, 0.29) is 29.0 Å². The molecule has 6 rings (SSSR count). The third kappa shape index (κ3) is 3.58. The number of imidazole rings is 1. The number of carbonyl (C=O) groups excluding carboxylic acids is 2. The fraction of sp³-hybridized carbons (Fsp3) is 0.517. The molecule has 1 saturated heterocycles. The number of aromatic nitrogens is 3. The van der Waals surface area contributed by atoms with Crippen LogP contribution in [0.25, 0.3) is 16.9 Å². The molecule has 38 heavy (non-hydrogen) atoms. The normalized spacial score (nSPS) is 26.9. The number of aryl methyl sites for hydroxylation is 1. The maximum atomic E-state index is 14.0. The second kappa shape index (κ2) is 7.85. The van der Waals surface area contributed by atoms with Gasteiger partial charge in [0.15, 0.2) is 6.20 Å². The van der Waals surface area contributed by atoms with Gasteiger partial charge in [-0.1, -0.05) is 30.4 Å². The molecule has 2 aromatic heterocycles. The van der Waals surface area contributed by atoms with Crippen molar-refractivity contribution in [2.45, 2.75) is 71.1 Å². The van der Waals surface area contributed by atoms with Gasteiger partial charge in [0.05, 0.1) is 17.7 Å². The molecule has 1 N–H and O–H groups in total. The minimum absolute atomic E-state index is 0.0468. The van der Waals surface area contributed by atoms with Crippen LogP contribution < -0.4 is 4.57 Å². The number of carbonyl (C=O) groups is 2. The minimum Gasteiger partial charge on any atom is -0.390 e. The van der Waals surface area contributed by atoms with Gasteiger partial charge in [0, 0.05) is 31.5 Å². The average molecular weight is 521 g/mol. The van der Waals surface area contributed by atoms with Crippen LogP contribution in [0.1, 0.15) is 69.1 Å². The van der Waals surface area contributed by atoms with Gasteiger partial charge in [0.1, 0.15) is 11.5 Å². The zero-order valence-corrected chi connectivity index (χ0v) is 22.9. The Morgan fingerprint density at radius 1 is 1.18 bits per heavy atom. The quantitative estimate of drug-likeness (QED) is 0.527. The molecule has 1 saturated carbocycles. The summed E-state index contributed by atoms with van der Waals surface area (Å²) in [5.74, 6) is -0.468.